The molecular weight excluding hydrogens is 502 g/mol. The lowest BCUT2D eigenvalue weighted by atomic mass is 9.94. The van der Waals surface area contributed by atoms with Crippen LogP contribution >= 0.6 is 0 Å². The van der Waals surface area contributed by atoms with Crippen molar-refractivity contribution in [1.82, 2.24) is 0 Å². The first-order valence-electron chi connectivity index (χ1n) is 13.8. The van der Waals surface area contributed by atoms with E-state index in [4.69, 9.17) is 4.74 Å². The van der Waals surface area contributed by atoms with E-state index in [9.17, 15) is 14.7 Å². The zero-order valence-electron chi connectivity index (χ0n) is 24.4. The van der Waals surface area contributed by atoms with Gasteiger partial charge in [-0.15, -0.1) is 0 Å². The zero-order chi connectivity index (χ0) is 29.1. The minimum absolute atomic E-state index is 0.00154. The first kappa shape index (κ1) is 28.7. The Hall–Kier alpha value is -4.26. The molecule has 3 aromatic rings. The molecule has 1 aliphatic heterocycles. The van der Waals surface area contributed by atoms with E-state index in [-0.39, 0.29) is 17.4 Å². The van der Waals surface area contributed by atoms with Gasteiger partial charge in [0.05, 0.1) is 17.7 Å². The highest BCUT2D eigenvalue weighted by atomic mass is 16.5. The average Bonchev–Trinajstić information content (AvgIpc) is 3.20. The Labute approximate surface area is 237 Å². The molecule has 1 aliphatic rings. The number of carbonyl (C=O) groups excluding carboxylic acids is 2. The molecule has 1 fully saturated rings. The number of nitrogens with zero attached hydrogens (tertiary/aromatic N) is 3. The van der Waals surface area contributed by atoms with Crippen molar-refractivity contribution in [2.24, 2.45) is 0 Å². The van der Waals surface area contributed by atoms with Crippen LogP contribution in [0.25, 0.3) is 5.76 Å². The minimum atomic E-state index is -0.789. The summed E-state index contributed by atoms with van der Waals surface area (Å²) in [7, 11) is 3.89. The van der Waals surface area contributed by atoms with Crippen LogP contribution in [0.5, 0.6) is 5.75 Å². The maximum absolute atomic E-state index is 13.6. The smallest absolute Gasteiger partial charge is 0.300 e. The van der Waals surface area contributed by atoms with Crippen LogP contribution < -0.4 is 19.4 Å². The van der Waals surface area contributed by atoms with Crippen LogP contribution in [0, 0.1) is 6.92 Å². The molecule has 4 rings (SSSR count). The summed E-state index contributed by atoms with van der Waals surface area (Å²) >= 11 is 0. The fraction of sp³-hybridized carbons (Fsp3) is 0.333. The van der Waals surface area contributed by atoms with E-state index in [1.807, 2.05) is 88.3 Å². The predicted molar refractivity (Wildman–Crippen MR) is 162 cm³/mol. The minimum Gasteiger partial charge on any atom is -0.507 e. The van der Waals surface area contributed by atoms with Crippen molar-refractivity contribution in [1.29, 1.82) is 0 Å². The van der Waals surface area contributed by atoms with Gasteiger partial charge in [0.15, 0.2) is 0 Å². The van der Waals surface area contributed by atoms with Crippen molar-refractivity contribution in [3.8, 4) is 5.75 Å². The SMILES string of the molecule is CCN(CC)c1ccc(C2/C(=C(/O)c3ccc(OC(C)C)c(C)c3)C(=O)C(=O)N2c2ccc(N(C)C)cc2)cc1. The van der Waals surface area contributed by atoms with E-state index >= 15 is 0 Å². The first-order chi connectivity index (χ1) is 19.1. The monoisotopic (exact) mass is 541 g/mol. The molecule has 1 amide bonds. The molecule has 1 unspecified atom stereocenters. The van der Waals surface area contributed by atoms with Crippen molar-refractivity contribution in [3.63, 3.8) is 0 Å². The van der Waals surface area contributed by atoms with Crippen LogP contribution in [0.1, 0.15) is 50.4 Å². The standard InChI is InChI=1S/C33H39N3O4/c1-8-35(9-2)26-13-10-23(11-14-26)30-29(31(37)24-12-19-28(22(5)20-24)40-21(3)4)32(38)33(39)36(30)27-17-15-25(16-18-27)34(6)7/h10-21,30,37H,8-9H2,1-7H3/b31-29-. The Bertz CT molecular complexity index is 1400. The summed E-state index contributed by atoms with van der Waals surface area (Å²) in [6.07, 6.45) is 0.00154. The van der Waals surface area contributed by atoms with Crippen LogP contribution in [-0.2, 0) is 9.59 Å². The number of aliphatic hydroxyl groups is 1. The second kappa shape index (κ2) is 11.9. The van der Waals surface area contributed by atoms with Gasteiger partial charge in [0, 0.05) is 49.8 Å². The molecule has 0 saturated carbocycles. The molecule has 7 heteroatoms. The number of carbonyl (C=O) groups is 2. The maximum atomic E-state index is 13.6. The molecule has 1 saturated heterocycles. The van der Waals surface area contributed by atoms with Gasteiger partial charge < -0.3 is 19.6 Å². The number of ketones is 1. The third-order valence-electron chi connectivity index (χ3n) is 7.24. The quantitative estimate of drug-likeness (QED) is 0.194. The lowest BCUT2D eigenvalue weighted by molar-refractivity contribution is -0.132. The van der Waals surface area contributed by atoms with Crippen molar-refractivity contribution in [3.05, 3.63) is 89.0 Å². The van der Waals surface area contributed by atoms with E-state index in [0.29, 0.717) is 17.0 Å². The van der Waals surface area contributed by atoms with Gasteiger partial charge in [-0.05, 0) is 100 Å². The number of hydrogen-bond acceptors (Lipinski definition) is 6. The third kappa shape index (κ3) is 5.55. The van der Waals surface area contributed by atoms with Crippen LogP contribution in [0.15, 0.2) is 72.3 Å². The van der Waals surface area contributed by atoms with E-state index in [0.717, 1.165) is 35.6 Å². The summed E-state index contributed by atoms with van der Waals surface area (Å²) in [5.74, 6) is -0.889. The lowest BCUT2D eigenvalue weighted by Crippen LogP contribution is -2.29. The molecular formula is C33H39N3O4. The number of ether oxygens (including phenoxy) is 1. The molecule has 40 heavy (non-hydrogen) atoms. The predicted octanol–water partition coefficient (Wildman–Crippen LogP) is 6.32. The third-order valence-corrected chi connectivity index (χ3v) is 7.24. The van der Waals surface area contributed by atoms with Crippen LogP contribution in [0.3, 0.4) is 0 Å². The van der Waals surface area contributed by atoms with Crippen molar-refractivity contribution in [2.75, 3.05) is 41.9 Å². The number of anilines is 3. The highest BCUT2D eigenvalue weighted by Gasteiger charge is 2.47. The second-order valence-corrected chi connectivity index (χ2v) is 10.5. The average molecular weight is 542 g/mol. The van der Waals surface area contributed by atoms with Gasteiger partial charge in [0.1, 0.15) is 11.5 Å². The molecule has 3 aromatic carbocycles. The normalized spacial score (nSPS) is 16.5. The van der Waals surface area contributed by atoms with E-state index in [2.05, 4.69) is 18.7 Å². The second-order valence-electron chi connectivity index (χ2n) is 10.5. The Balaban J connectivity index is 1.87. The number of aliphatic hydroxyl groups excluding tert-OH is 1. The van der Waals surface area contributed by atoms with Gasteiger partial charge in [-0.2, -0.15) is 0 Å². The number of Topliss-reactive ketones (excluding diaryl/α,β-unsaturated/α-hetero) is 1. The molecule has 7 nitrogen and oxygen atoms in total. The van der Waals surface area contributed by atoms with E-state index < -0.39 is 17.7 Å². The molecule has 0 bridgehead atoms. The molecule has 0 aliphatic carbocycles. The van der Waals surface area contributed by atoms with Crippen LogP contribution in [-0.4, -0.2) is 50.1 Å². The number of amides is 1. The maximum Gasteiger partial charge on any atom is 0.300 e. The van der Waals surface area contributed by atoms with Crippen LogP contribution in [0.2, 0.25) is 0 Å². The number of benzene rings is 3. The number of aryl methyl sites for hydroxylation is 1. The highest BCUT2D eigenvalue weighted by molar-refractivity contribution is 6.51. The molecule has 0 aromatic heterocycles. The van der Waals surface area contributed by atoms with E-state index in [1.165, 1.54) is 4.90 Å². The lowest BCUT2D eigenvalue weighted by Gasteiger charge is -2.27. The summed E-state index contributed by atoms with van der Waals surface area (Å²) in [4.78, 5) is 32.8. The summed E-state index contributed by atoms with van der Waals surface area (Å²) in [6, 6.07) is 19.9. The fourth-order valence-corrected chi connectivity index (χ4v) is 5.12. The van der Waals surface area contributed by atoms with Gasteiger partial charge in [0.25, 0.3) is 11.7 Å². The van der Waals surface area contributed by atoms with Crippen molar-refractivity contribution in [2.45, 2.75) is 46.8 Å². The van der Waals surface area contributed by atoms with Gasteiger partial charge in [-0.25, -0.2) is 0 Å². The Kier molecular flexibility index (Phi) is 8.52. The van der Waals surface area contributed by atoms with Crippen LogP contribution in [0.4, 0.5) is 17.1 Å². The van der Waals surface area contributed by atoms with Gasteiger partial charge >= 0.3 is 0 Å². The Morgan fingerprint density at radius 1 is 0.925 bits per heavy atom. The molecule has 0 spiro atoms. The Morgan fingerprint density at radius 3 is 2.05 bits per heavy atom. The summed E-state index contributed by atoms with van der Waals surface area (Å²) in [5, 5.41) is 11.6. The summed E-state index contributed by atoms with van der Waals surface area (Å²) in [5.41, 5.74) is 4.70. The topological polar surface area (TPSA) is 73.3 Å². The molecule has 1 heterocycles. The highest BCUT2D eigenvalue weighted by Crippen LogP contribution is 2.43. The fourth-order valence-electron chi connectivity index (χ4n) is 5.12. The zero-order valence-corrected chi connectivity index (χ0v) is 24.4. The van der Waals surface area contributed by atoms with Crippen molar-refractivity contribution >= 4 is 34.5 Å². The largest absolute Gasteiger partial charge is 0.507 e. The van der Waals surface area contributed by atoms with Gasteiger partial charge in [-0.1, -0.05) is 12.1 Å². The molecule has 1 atom stereocenters. The summed E-state index contributed by atoms with van der Waals surface area (Å²) in [6.45, 7) is 11.7. The van der Waals surface area contributed by atoms with E-state index in [1.54, 1.807) is 18.2 Å². The number of hydrogen-bond donors (Lipinski definition) is 1. The first-order valence-corrected chi connectivity index (χ1v) is 13.8. The molecule has 210 valence electrons. The van der Waals surface area contributed by atoms with Crippen molar-refractivity contribution < 1.29 is 19.4 Å². The summed E-state index contributed by atoms with van der Waals surface area (Å²) < 4.78 is 5.85. The Morgan fingerprint density at radius 2 is 1.52 bits per heavy atom. The molecule has 1 N–H and O–H groups in total. The number of rotatable bonds is 9. The van der Waals surface area contributed by atoms with Gasteiger partial charge in [-0.3, -0.25) is 14.5 Å². The molecule has 0 radical (unpaired) electrons. The van der Waals surface area contributed by atoms with Gasteiger partial charge in [0.2, 0.25) is 0 Å².